The molecule has 5 rings (SSSR count). The van der Waals surface area contributed by atoms with Crippen molar-refractivity contribution < 1.29 is 32.3 Å². The Hall–Kier alpha value is -4.22. The zero-order chi connectivity index (χ0) is 26.2. The second-order valence-electron chi connectivity index (χ2n) is 8.57. The third-order valence-electron chi connectivity index (χ3n) is 6.04. The summed E-state index contributed by atoms with van der Waals surface area (Å²) in [6, 6.07) is 17.7. The van der Waals surface area contributed by atoms with Gasteiger partial charge in [0.1, 0.15) is 6.04 Å². The molecular weight excluding hydrogens is 498 g/mol. The highest BCUT2D eigenvalue weighted by Crippen LogP contribution is 2.35. The van der Waals surface area contributed by atoms with Crippen LogP contribution in [0.25, 0.3) is 0 Å². The van der Waals surface area contributed by atoms with E-state index in [1.54, 1.807) is 48.5 Å². The third-order valence-corrected chi connectivity index (χ3v) is 7.91. The molecule has 190 valence electrons. The first kappa shape index (κ1) is 24.5. The molecule has 2 aliphatic rings. The van der Waals surface area contributed by atoms with Gasteiger partial charge in [0.15, 0.2) is 11.5 Å². The number of hydrogen-bond donors (Lipinski definition) is 1. The highest BCUT2D eigenvalue weighted by atomic mass is 32.2. The van der Waals surface area contributed by atoms with Crippen LogP contribution < -0.4 is 19.7 Å². The normalized spacial score (nSPS) is 16.9. The quantitative estimate of drug-likeness (QED) is 0.475. The summed E-state index contributed by atoms with van der Waals surface area (Å²) in [4.78, 5) is 38.9. The predicted molar refractivity (Wildman–Crippen MR) is 133 cm³/mol. The molecule has 0 radical (unpaired) electrons. The van der Waals surface area contributed by atoms with E-state index in [2.05, 4.69) is 5.32 Å². The summed E-state index contributed by atoms with van der Waals surface area (Å²) < 4.78 is 39.3. The molecule has 0 bridgehead atoms. The van der Waals surface area contributed by atoms with Gasteiger partial charge in [0.2, 0.25) is 28.6 Å². The number of benzene rings is 3. The maximum Gasteiger partial charge on any atom is 0.252 e. The van der Waals surface area contributed by atoms with Crippen molar-refractivity contribution >= 4 is 39.1 Å². The molecule has 37 heavy (non-hydrogen) atoms. The topological polar surface area (TPSA) is 122 Å². The third kappa shape index (κ3) is 4.78. The first-order chi connectivity index (χ1) is 17.7. The average molecular weight is 522 g/mol. The van der Waals surface area contributed by atoms with Gasteiger partial charge in [-0.15, -0.1) is 0 Å². The minimum Gasteiger partial charge on any atom is -0.454 e. The summed E-state index contributed by atoms with van der Waals surface area (Å²) in [5.41, 5.74) is 1.36. The molecule has 1 N–H and O–H groups in total. The maximum atomic E-state index is 13.7. The molecule has 3 amide bonds. The Morgan fingerprint density at radius 2 is 1.70 bits per heavy atom. The first-order valence-corrected chi connectivity index (χ1v) is 12.9. The lowest BCUT2D eigenvalue weighted by Gasteiger charge is -2.27. The van der Waals surface area contributed by atoms with E-state index in [1.807, 2.05) is 0 Å². The molecule has 1 saturated heterocycles. The Bertz CT molecular complexity index is 1470. The summed E-state index contributed by atoms with van der Waals surface area (Å²) in [5, 5.41) is 2.62. The summed E-state index contributed by atoms with van der Waals surface area (Å²) in [7, 11) is -4.16. The van der Waals surface area contributed by atoms with Crippen molar-refractivity contribution in [1.82, 2.24) is 4.31 Å². The van der Waals surface area contributed by atoms with Gasteiger partial charge in [0.25, 0.3) is 5.91 Å². The zero-order valence-electron chi connectivity index (χ0n) is 19.8. The first-order valence-electron chi connectivity index (χ1n) is 11.4. The minimum atomic E-state index is -4.16. The molecule has 3 aromatic carbocycles. The van der Waals surface area contributed by atoms with Crippen LogP contribution in [-0.4, -0.2) is 43.3 Å². The van der Waals surface area contributed by atoms with Gasteiger partial charge in [-0.2, -0.15) is 4.31 Å². The molecule has 0 aliphatic carbocycles. The van der Waals surface area contributed by atoms with Crippen LogP contribution in [0.4, 0.5) is 11.4 Å². The predicted octanol–water partition coefficient (Wildman–Crippen LogP) is 2.90. The molecule has 0 aromatic heterocycles. The van der Waals surface area contributed by atoms with Crippen molar-refractivity contribution in [1.29, 1.82) is 0 Å². The number of imide groups is 1. The Morgan fingerprint density at radius 3 is 2.41 bits per heavy atom. The van der Waals surface area contributed by atoms with E-state index in [-0.39, 0.29) is 36.2 Å². The standard InChI is InChI=1S/C26H23N3O7S/c1-17(30)27-19-8-10-20(11-9-19)29-25(31)14-22(26(29)32)28(37(33,34)21-5-3-2-4-6-21)15-18-7-12-23-24(13-18)36-16-35-23/h2-13,22H,14-16H2,1H3,(H,27,30). The van der Waals surface area contributed by atoms with Gasteiger partial charge < -0.3 is 14.8 Å². The van der Waals surface area contributed by atoms with Gasteiger partial charge in [0.05, 0.1) is 17.0 Å². The fourth-order valence-electron chi connectivity index (χ4n) is 4.32. The van der Waals surface area contributed by atoms with Gasteiger partial charge >= 0.3 is 0 Å². The van der Waals surface area contributed by atoms with Gasteiger partial charge in [-0.1, -0.05) is 24.3 Å². The number of nitrogens with zero attached hydrogens (tertiary/aromatic N) is 2. The number of amides is 3. The van der Waals surface area contributed by atoms with Crippen molar-refractivity contribution in [2.75, 3.05) is 17.0 Å². The van der Waals surface area contributed by atoms with Gasteiger partial charge in [-0.25, -0.2) is 13.3 Å². The SMILES string of the molecule is CC(=O)Nc1ccc(N2C(=O)CC(N(Cc3ccc4c(c3)OCO4)S(=O)(=O)c3ccccc3)C2=O)cc1. The molecule has 2 aliphatic heterocycles. The van der Waals surface area contributed by atoms with Crippen LogP contribution in [0.1, 0.15) is 18.9 Å². The number of carbonyl (C=O) groups excluding carboxylic acids is 3. The summed E-state index contributed by atoms with van der Waals surface area (Å²) in [6.07, 6.45) is -0.317. The highest BCUT2D eigenvalue weighted by Gasteiger charge is 2.47. The van der Waals surface area contributed by atoms with Crippen LogP contribution in [0, 0.1) is 0 Å². The second-order valence-corrected chi connectivity index (χ2v) is 10.5. The summed E-state index contributed by atoms with van der Waals surface area (Å²) in [5.74, 6) is -0.420. The van der Waals surface area contributed by atoms with E-state index in [4.69, 9.17) is 9.47 Å². The molecule has 0 saturated carbocycles. The highest BCUT2D eigenvalue weighted by molar-refractivity contribution is 7.89. The molecule has 11 heteroatoms. The van der Waals surface area contributed by atoms with Crippen molar-refractivity contribution in [2.45, 2.75) is 30.8 Å². The largest absolute Gasteiger partial charge is 0.454 e. The van der Waals surface area contributed by atoms with Crippen LogP contribution in [0.15, 0.2) is 77.7 Å². The van der Waals surface area contributed by atoms with Crippen molar-refractivity contribution in [3.8, 4) is 11.5 Å². The number of nitrogens with one attached hydrogen (secondary N) is 1. The number of rotatable bonds is 7. The van der Waals surface area contributed by atoms with E-state index in [0.717, 1.165) is 9.21 Å². The lowest BCUT2D eigenvalue weighted by atomic mass is 10.1. The molecule has 1 atom stereocenters. The Morgan fingerprint density at radius 1 is 1.00 bits per heavy atom. The monoisotopic (exact) mass is 521 g/mol. The van der Waals surface area contributed by atoms with Crippen molar-refractivity contribution in [2.24, 2.45) is 0 Å². The second kappa shape index (κ2) is 9.68. The average Bonchev–Trinajstić information content (AvgIpc) is 3.46. The minimum absolute atomic E-state index is 0.00843. The number of hydrogen-bond acceptors (Lipinski definition) is 7. The molecule has 2 heterocycles. The van der Waals surface area contributed by atoms with E-state index in [0.29, 0.717) is 22.7 Å². The van der Waals surface area contributed by atoms with Crippen LogP contribution in [0.2, 0.25) is 0 Å². The van der Waals surface area contributed by atoms with Crippen molar-refractivity contribution in [3.63, 3.8) is 0 Å². The lowest BCUT2D eigenvalue weighted by molar-refractivity contribution is -0.122. The molecule has 0 spiro atoms. The van der Waals surface area contributed by atoms with Crippen molar-refractivity contribution in [3.05, 3.63) is 78.4 Å². The Balaban J connectivity index is 1.49. The van der Waals surface area contributed by atoms with Gasteiger partial charge in [-0.3, -0.25) is 14.4 Å². The molecule has 1 fully saturated rings. The lowest BCUT2D eigenvalue weighted by Crippen LogP contribution is -2.45. The van der Waals surface area contributed by atoms with E-state index < -0.39 is 27.9 Å². The maximum absolute atomic E-state index is 13.7. The van der Waals surface area contributed by atoms with E-state index >= 15 is 0 Å². The molecule has 10 nitrogen and oxygen atoms in total. The number of sulfonamides is 1. The van der Waals surface area contributed by atoms with Gasteiger partial charge in [0, 0.05) is 19.2 Å². The van der Waals surface area contributed by atoms with E-state index in [9.17, 15) is 22.8 Å². The van der Waals surface area contributed by atoms with E-state index in [1.165, 1.54) is 31.2 Å². The van der Waals surface area contributed by atoms with Crippen LogP contribution in [0.3, 0.4) is 0 Å². The fourth-order valence-corrected chi connectivity index (χ4v) is 5.91. The molecule has 1 unspecified atom stereocenters. The molecule has 3 aromatic rings. The smallest absolute Gasteiger partial charge is 0.252 e. The Labute approximate surface area is 213 Å². The number of fused-ring (bicyclic) bond motifs is 1. The number of carbonyl (C=O) groups is 3. The molecular formula is C26H23N3O7S. The fraction of sp³-hybridized carbons (Fsp3) is 0.192. The Kier molecular flexibility index (Phi) is 6.40. The number of anilines is 2. The number of ether oxygens (including phenoxy) is 2. The zero-order valence-corrected chi connectivity index (χ0v) is 20.6. The van der Waals surface area contributed by atoms with Gasteiger partial charge in [-0.05, 0) is 54.1 Å². The summed E-state index contributed by atoms with van der Waals surface area (Å²) in [6.45, 7) is 1.27. The van der Waals surface area contributed by atoms with Crippen LogP contribution in [0.5, 0.6) is 11.5 Å². The van der Waals surface area contributed by atoms with Crippen LogP contribution in [-0.2, 0) is 31.0 Å². The van der Waals surface area contributed by atoms with Crippen LogP contribution >= 0.6 is 0 Å². The summed E-state index contributed by atoms with van der Waals surface area (Å²) >= 11 is 0.